The number of nitro benzene ring substituents is 1. The first-order valence-electron chi connectivity index (χ1n) is 9.65. The van der Waals surface area contributed by atoms with Crippen LogP contribution in [0.2, 0.25) is 0 Å². The van der Waals surface area contributed by atoms with Crippen LogP contribution in [0.1, 0.15) is 49.3 Å². The van der Waals surface area contributed by atoms with Crippen LogP contribution in [0.4, 0.5) is 5.69 Å². The third kappa shape index (κ3) is 4.06. The first-order valence-corrected chi connectivity index (χ1v) is 9.65. The van der Waals surface area contributed by atoms with Gasteiger partial charge in [0.15, 0.2) is 0 Å². The van der Waals surface area contributed by atoms with E-state index in [0.29, 0.717) is 6.54 Å². The molecule has 0 saturated carbocycles. The highest BCUT2D eigenvalue weighted by Crippen LogP contribution is 2.35. The van der Waals surface area contributed by atoms with Crippen molar-refractivity contribution in [2.45, 2.75) is 39.0 Å². The number of non-ortho nitro benzene ring substituents is 1. The molecular formula is C22H25N3O3. The molecule has 2 N–H and O–H groups in total. The molecule has 3 rings (SSSR count). The second-order valence-electron chi connectivity index (χ2n) is 6.90. The van der Waals surface area contributed by atoms with Crippen molar-refractivity contribution in [1.82, 2.24) is 10.3 Å². The highest BCUT2D eigenvalue weighted by atomic mass is 16.6. The van der Waals surface area contributed by atoms with Gasteiger partial charge in [-0.1, -0.05) is 44.2 Å². The van der Waals surface area contributed by atoms with Gasteiger partial charge >= 0.3 is 0 Å². The van der Waals surface area contributed by atoms with Gasteiger partial charge in [0.1, 0.15) is 0 Å². The Morgan fingerprint density at radius 1 is 1.21 bits per heavy atom. The number of hydrogen-bond acceptors (Lipinski definition) is 3. The molecule has 1 heterocycles. The molecule has 1 amide bonds. The van der Waals surface area contributed by atoms with Gasteiger partial charge in [-0.15, -0.1) is 0 Å². The highest BCUT2D eigenvalue weighted by Gasteiger charge is 2.23. The van der Waals surface area contributed by atoms with Crippen molar-refractivity contribution in [2.75, 3.05) is 6.54 Å². The number of carbonyl (C=O) groups is 1. The molecule has 0 aliphatic rings. The lowest BCUT2D eigenvalue weighted by molar-refractivity contribution is -0.384. The molecule has 1 aromatic heterocycles. The van der Waals surface area contributed by atoms with Crippen molar-refractivity contribution in [2.24, 2.45) is 0 Å². The third-order valence-electron chi connectivity index (χ3n) is 5.04. The fourth-order valence-electron chi connectivity index (χ4n) is 3.61. The highest BCUT2D eigenvalue weighted by molar-refractivity contribution is 5.88. The molecule has 0 fully saturated rings. The summed E-state index contributed by atoms with van der Waals surface area (Å²) in [6.45, 7) is 4.73. The summed E-state index contributed by atoms with van der Waals surface area (Å²) in [5.74, 6) is -0.322. The quantitative estimate of drug-likeness (QED) is 0.440. The van der Waals surface area contributed by atoms with E-state index >= 15 is 0 Å². The molecule has 0 saturated heterocycles. The minimum Gasteiger partial charge on any atom is -0.361 e. The van der Waals surface area contributed by atoms with Gasteiger partial charge in [-0.25, -0.2) is 0 Å². The molecule has 6 heteroatoms. The summed E-state index contributed by atoms with van der Waals surface area (Å²) in [5.41, 5.74) is 4.05. The summed E-state index contributed by atoms with van der Waals surface area (Å²) in [6.07, 6.45) is 3.93. The van der Waals surface area contributed by atoms with Crippen LogP contribution < -0.4 is 5.32 Å². The van der Waals surface area contributed by atoms with Crippen LogP contribution >= 0.6 is 0 Å². The molecule has 1 atom stereocenters. The molecule has 0 unspecified atom stereocenters. The average Bonchev–Trinajstić information content (AvgIpc) is 3.14. The Morgan fingerprint density at radius 3 is 2.71 bits per heavy atom. The van der Waals surface area contributed by atoms with Crippen molar-refractivity contribution < 1.29 is 9.72 Å². The Balaban J connectivity index is 2.08. The van der Waals surface area contributed by atoms with Crippen molar-refractivity contribution in [1.29, 1.82) is 0 Å². The van der Waals surface area contributed by atoms with Crippen molar-refractivity contribution in [3.63, 3.8) is 0 Å². The second-order valence-corrected chi connectivity index (χ2v) is 6.90. The van der Waals surface area contributed by atoms with Gasteiger partial charge in [-0.3, -0.25) is 14.9 Å². The Kier molecular flexibility index (Phi) is 6.09. The summed E-state index contributed by atoms with van der Waals surface area (Å²) in [7, 11) is 0. The number of H-pyrrole nitrogens is 1. The maximum absolute atomic E-state index is 12.5. The fourth-order valence-corrected chi connectivity index (χ4v) is 3.61. The number of nitrogens with one attached hydrogen (secondary N) is 2. The SMILES string of the molecule is CCCNC(=O)C[C@@H](c1cccc([N+](=O)[O-])c1)c1c[nH]c2c(CC)cccc12. The first kappa shape index (κ1) is 19.6. The number of hydrogen-bond donors (Lipinski definition) is 2. The Hall–Kier alpha value is -3.15. The maximum atomic E-state index is 12.5. The van der Waals surface area contributed by atoms with Gasteiger partial charge < -0.3 is 10.3 Å². The van der Waals surface area contributed by atoms with E-state index in [4.69, 9.17) is 0 Å². The Bertz CT molecular complexity index is 994. The molecule has 6 nitrogen and oxygen atoms in total. The molecule has 0 bridgehead atoms. The number of benzene rings is 2. The van der Waals surface area contributed by atoms with Crippen LogP contribution in [0.25, 0.3) is 10.9 Å². The van der Waals surface area contributed by atoms with Crippen LogP contribution in [0, 0.1) is 10.1 Å². The van der Waals surface area contributed by atoms with Crippen molar-refractivity contribution >= 4 is 22.5 Å². The van der Waals surface area contributed by atoms with Crippen molar-refractivity contribution in [3.8, 4) is 0 Å². The van der Waals surface area contributed by atoms with Crippen LogP contribution in [0.15, 0.2) is 48.7 Å². The minimum absolute atomic E-state index is 0.0329. The number of aromatic nitrogens is 1. The third-order valence-corrected chi connectivity index (χ3v) is 5.04. The number of nitro groups is 1. The smallest absolute Gasteiger partial charge is 0.269 e. The van der Waals surface area contributed by atoms with Gasteiger partial charge in [0, 0.05) is 48.1 Å². The lowest BCUT2D eigenvalue weighted by Gasteiger charge is -2.17. The van der Waals surface area contributed by atoms with Gasteiger partial charge in [0.2, 0.25) is 5.91 Å². The molecule has 0 spiro atoms. The monoisotopic (exact) mass is 379 g/mol. The van der Waals surface area contributed by atoms with E-state index in [9.17, 15) is 14.9 Å². The Morgan fingerprint density at radius 2 is 2.00 bits per heavy atom. The standard InChI is InChI=1S/C22H25N3O3/c1-3-11-23-21(26)13-19(16-8-5-9-17(12-16)25(27)28)20-14-24-22-15(4-2)7-6-10-18(20)22/h5-10,12,14,19,24H,3-4,11,13H2,1-2H3,(H,23,26)/t19-/m0/s1. The normalized spacial score (nSPS) is 12.1. The molecule has 2 aromatic carbocycles. The topological polar surface area (TPSA) is 88.0 Å². The molecule has 0 aliphatic carbocycles. The summed E-state index contributed by atoms with van der Waals surface area (Å²) in [6, 6.07) is 12.7. The van der Waals surface area contributed by atoms with Crippen LogP contribution in [-0.2, 0) is 11.2 Å². The van der Waals surface area contributed by atoms with E-state index in [2.05, 4.69) is 23.3 Å². The predicted molar refractivity (Wildman–Crippen MR) is 111 cm³/mol. The molecule has 28 heavy (non-hydrogen) atoms. The zero-order valence-corrected chi connectivity index (χ0v) is 16.2. The van der Waals surface area contributed by atoms with Gasteiger partial charge in [0.25, 0.3) is 5.69 Å². The van der Waals surface area contributed by atoms with E-state index in [1.807, 2.05) is 31.3 Å². The maximum Gasteiger partial charge on any atom is 0.269 e. The number of aryl methyl sites for hydroxylation is 1. The van der Waals surface area contributed by atoms with Crippen molar-refractivity contribution in [3.05, 3.63) is 75.5 Å². The van der Waals surface area contributed by atoms with E-state index in [1.165, 1.54) is 11.6 Å². The van der Waals surface area contributed by atoms with E-state index in [1.54, 1.807) is 12.1 Å². The number of aromatic amines is 1. The summed E-state index contributed by atoms with van der Waals surface area (Å²) < 4.78 is 0. The van der Waals surface area contributed by atoms with Crippen LogP contribution in [-0.4, -0.2) is 22.4 Å². The van der Waals surface area contributed by atoms with Crippen LogP contribution in [0.3, 0.4) is 0 Å². The number of nitrogens with zero attached hydrogens (tertiary/aromatic N) is 1. The molecule has 0 aliphatic heterocycles. The van der Waals surface area contributed by atoms with Crippen LogP contribution in [0.5, 0.6) is 0 Å². The lowest BCUT2D eigenvalue weighted by Crippen LogP contribution is -2.26. The molecule has 146 valence electrons. The number of rotatable bonds is 8. The molecular weight excluding hydrogens is 354 g/mol. The predicted octanol–water partition coefficient (Wildman–Crippen LogP) is 4.69. The average molecular weight is 379 g/mol. The van der Waals surface area contributed by atoms with E-state index in [-0.39, 0.29) is 23.9 Å². The fraction of sp³-hybridized carbons (Fsp3) is 0.318. The molecule has 0 radical (unpaired) electrons. The van der Waals surface area contributed by atoms with Gasteiger partial charge in [0.05, 0.1) is 4.92 Å². The van der Waals surface area contributed by atoms with Gasteiger partial charge in [-0.2, -0.15) is 0 Å². The lowest BCUT2D eigenvalue weighted by atomic mass is 9.87. The number of para-hydroxylation sites is 1. The number of amides is 1. The van der Waals surface area contributed by atoms with E-state index < -0.39 is 4.92 Å². The second kappa shape index (κ2) is 8.69. The summed E-state index contributed by atoms with van der Waals surface area (Å²) in [5, 5.41) is 15.2. The zero-order valence-electron chi connectivity index (χ0n) is 16.2. The first-order chi connectivity index (χ1) is 13.5. The summed E-state index contributed by atoms with van der Waals surface area (Å²) >= 11 is 0. The zero-order chi connectivity index (χ0) is 20.1. The minimum atomic E-state index is -0.401. The van der Waals surface area contributed by atoms with Gasteiger partial charge in [-0.05, 0) is 29.5 Å². The Labute approximate surface area is 164 Å². The largest absolute Gasteiger partial charge is 0.361 e. The number of fused-ring (bicyclic) bond motifs is 1. The summed E-state index contributed by atoms with van der Waals surface area (Å²) in [4.78, 5) is 26.7. The molecule has 3 aromatic rings. The van der Waals surface area contributed by atoms with E-state index in [0.717, 1.165) is 34.9 Å². The number of carbonyl (C=O) groups excluding carboxylic acids is 1.